The van der Waals surface area contributed by atoms with Crippen LogP contribution in [-0.2, 0) is 21.0 Å². The van der Waals surface area contributed by atoms with E-state index < -0.39 is 48.9 Å². The number of benzene rings is 2. The molecule has 0 heterocycles. The number of alkyl halides is 3. The van der Waals surface area contributed by atoms with Gasteiger partial charge in [-0.3, -0.25) is 19.6 Å². The number of nitrogens with one attached hydrogen (secondary N) is 2. The van der Waals surface area contributed by atoms with E-state index >= 15 is 0 Å². The van der Waals surface area contributed by atoms with Crippen LogP contribution in [0.15, 0.2) is 41.3 Å². The first-order valence-electron chi connectivity index (χ1n) is 7.27. The van der Waals surface area contributed by atoms with E-state index in [1.54, 1.807) is 4.72 Å². The number of hydrogen-bond donors (Lipinski definition) is 2. The third-order valence-corrected chi connectivity index (χ3v) is 5.00. The predicted octanol–water partition coefficient (Wildman–Crippen LogP) is 4.03. The van der Waals surface area contributed by atoms with Gasteiger partial charge in [0.15, 0.2) is 0 Å². The van der Waals surface area contributed by atoms with Crippen LogP contribution in [0.25, 0.3) is 0 Å². The van der Waals surface area contributed by atoms with Gasteiger partial charge < -0.3 is 5.32 Å². The fourth-order valence-electron chi connectivity index (χ4n) is 2.15. The van der Waals surface area contributed by atoms with Crippen LogP contribution in [-0.4, -0.2) is 19.2 Å². The molecule has 150 valence electrons. The lowest BCUT2D eigenvalue weighted by Gasteiger charge is -2.16. The highest BCUT2D eigenvalue weighted by molar-refractivity contribution is 7.92. The van der Waals surface area contributed by atoms with E-state index in [9.17, 15) is 36.5 Å². The van der Waals surface area contributed by atoms with Gasteiger partial charge in [-0.15, -0.1) is 0 Å². The van der Waals surface area contributed by atoms with Gasteiger partial charge in [0.05, 0.1) is 21.1 Å². The summed E-state index contributed by atoms with van der Waals surface area (Å²) in [6.07, 6.45) is -4.95. The van der Waals surface area contributed by atoms with Gasteiger partial charge in [0.2, 0.25) is 5.91 Å². The molecule has 0 aliphatic heterocycles. The third kappa shape index (κ3) is 4.89. The van der Waals surface area contributed by atoms with Gasteiger partial charge >= 0.3 is 6.18 Å². The minimum absolute atomic E-state index is 0.190. The summed E-state index contributed by atoms with van der Waals surface area (Å²) in [5.41, 5.74) is -3.09. The van der Waals surface area contributed by atoms with E-state index in [1.165, 1.54) is 0 Å². The molecule has 8 nitrogen and oxygen atoms in total. The predicted molar refractivity (Wildman–Crippen MR) is 94.7 cm³/mol. The molecule has 0 saturated heterocycles. The zero-order valence-corrected chi connectivity index (χ0v) is 15.4. The minimum atomic E-state index is -4.95. The van der Waals surface area contributed by atoms with Crippen LogP contribution >= 0.6 is 11.6 Å². The molecular weight excluding hydrogens is 427 g/mol. The highest BCUT2D eigenvalue weighted by Crippen LogP contribution is 2.38. The zero-order valence-electron chi connectivity index (χ0n) is 13.9. The van der Waals surface area contributed by atoms with Crippen molar-refractivity contribution in [1.29, 1.82) is 0 Å². The van der Waals surface area contributed by atoms with Gasteiger partial charge in [-0.05, 0) is 30.3 Å². The third-order valence-electron chi connectivity index (χ3n) is 3.31. The monoisotopic (exact) mass is 437 g/mol. The Morgan fingerprint density at radius 1 is 1.18 bits per heavy atom. The molecule has 0 aromatic heterocycles. The van der Waals surface area contributed by atoms with Gasteiger partial charge in [-0.1, -0.05) is 11.6 Å². The molecule has 13 heteroatoms. The largest absolute Gasteiger partial charge is 0.418 e. The van der Waals surface area contributed by atoms with Crippen LogP contribution in [0.1, 0.15) is 12.5 Å². The van der Waals surface area contributed by atoms with Crippen LogP contribution < -0.4 is 10.0 Å². The summed E-state index contributed by atoms with van der Waals surface area (Å²) in [7, 11) is -4.61. The molecule has 0 unspecified atom stereocenters. The second-order valence-electron chi connectivity index (χ2n) is 5.42. The number of anilines is 2. The molecular formula is C15H11ClF3N3O5S. The molecule has 2 rings (SSSR count). The van der Waals surface area contributed by atoms with Gasteiger partial charge in [0.25, 0.3) is 15.7 Å². The number of carbonyl (C=O) groups is 1. The minimum Gasteiger partial charge on any atom is -0.326 e. The topological polar surface area (TPSA) is 118 Å². The van der Waals surface area contributed by atoms with E-state index in [0.29, 0.717) is 12.1 Å². The standard InChI is InChI=1S/C15H11ClF3N3O5S/c1-8(23)20-9-2-5-13(11(6-9)15(17,18)19)21-28(26,27)10-3-4-12(16)14(7-10)22(24)25/h2-7,21H,1H3,(H,20,23). The Kier molecular flexibility index (Phi) is 5.85. The van der Waals surface area contributed by atoms with Crippen LogP contribution in [0.3, 0.4) is 0 Å². The Morgan fingerprint density at radius 2 is 1.82 bits per heavy atom. The summed E-state index contributed by atoms with van der Waals surface area (Å²) in [5.74, 6) is -0.616. The fourth-order valence-corrected chi connectivity index (χ4v) is 3.44. The summed E-state index contributed by atoms with van der Waals surface area (Å²) in [5, 5.41) is 12.7. The van der Waals surface area contributed by atoms with E-state index in [-0.39, 0.29) is 10.7 Å². The lowest BCUT2D eigenvalue weighted by Crippen LogP contribution is -2.18. The lowest BCUT2D eigenvalue weighted by atomic mass is 10.1. The maximum absolute atomic E-state index is 13.3. The van der Waals surface area contributed by atoms with E-state index in [0.717, 1.165) is 31.2 Å². The maximum Gasteiger partial charge on any atom is 0.418 e. The number of halogens is 4. The van der Waals surface area contributed by atoms with E-state index in [2.05, 4.69) is 5.32 Å². The molecule has 2 aromatic rings. The SMILES string of the molecule is CC(=O)Nc1ccc(NS(=O)(=O)c2ccc(Cl)c([N+](=O)[O-])c2)c(C(F)(F)F)c1. The summed E-state index contributed by atoms with van der Waals surface area (Å²) in [4.78, 5) is 20.3. The van der Waals surface area contributed by atoms with Crippen molar-refractivity contribution in [2.45, 2.75) is 18.0 Å². The zero-order chi connectivity index (χ0) is 21.3. The average molecular weight is 438 g/mol. The summed E-state index contributed by atoms with van der Waals surface area (Å²) < 4.78 is 66.5. The van der Waals surface area contributed by atoms with Crippen molar-refractivity contribution in [2.75, 3.05) is 10.0 Å². The second kappa shape index (κ2) is 7.64. The Balaban J connectivity index is 2.50. The quantitative estimate of drug-likeness (QED) is 0.540. The van der Waals surface area contributed by atoms with Crippen molar-refractivity contribution < 1.29 is 31.3 Å². The highest BCUT2D eigenvalue weighted by Gasteiger charge is 2.35. The van der Waals surface area contributed by atoms with Crippen molar-refractivity contribution in [3.63, 3.8) is 0 Å². The maximum atomic E-state index is 13.3. The number of nitrogens with zero attached hydrogens (tertiary/aromatic N) is 1. The smallest absolute Gasteiger partial charge is 0.326 e. The van der Waals surface area contributed by atoms with Crippen LogP contribution in [0.4, 0.5) is 30.2 Å². The summed E-state index contributed by atoms with van der Waals surface area (Å²) in [6, 6.07) is 4.93. The first kappa shape index (κ1) is 21.4. The molecule has 0 saturated carbocycles. The molecule has 0 fully saturated rings. The molecule has 0 aliphatic rings. The molecule has 0 aliphatic carbocycles. The van der Waals surface area contributed by atoms with Gasteiger partial charge in [-0.2, -0.15) is 13.2 Å². The Bertz CT molecular complexity index is 1060. The number of hydrogen-bond acceptors (Lipinski definition) is 5. The average Bonchev–Trinajstić information content (AvgIpc) is 2.54. The number of amides is 1. The molecule has 0 spiro atoms. The fraction of sp³-hybridized carbons (Fsp3) is 0.133. The number of carbonyl (C=O) groups excluding carboxylic acids is 1. The first-order chi connectivity index (χ1) is 12.8. The van der Waals surface area contributed by atoms with Crippen LogP contribution in [0.2, 0.25) is 5.02 Å². The van der Waals surface area contributed by atoms with Crippen LogP contribution in [0.5, 0.6) is 0 Å². The van der Waals surface area contributed by atoms with Gasteiger partial charge in [0, 0.05) is 18.7 Å². The number of sulfonamides is 1. The summed E-state index contributed by atoms with van der Waals surface area (Å²) >= 11 is 5.61. The molecule has 2 aromatic carbocycles. The molecule has 2 N–H and O–H groups in total. The number of nitro groups is 1. The summed E-state index contributed by atoms with van der Waals surface area (Å²) in [6.45, 7) is 1.09. The van der Waals surface area contributed by atoms with Crippen molar-refractivity contribution >= 4 is 44.6 Å². The molecule has 0 radical (unpaired) electrons. The van der Waals surface area contributed by atoms with Gasteiger partial charge in [0.1, 0.15) is 5.02 Å². The first-order valence-corrected chi connectivity index (χ1v) is 9.13. The van der Waals surface area contributed by atoms with E-state index in [1.807, 2.05) is 0 Å². The van der Waals surface area contributed by atoms with Gasteiger partial charge in [-0.25, -0.2) is 8.42 Å². The normalized spacial score (nSPS) is 11.8. The van der Waals surface area contributed by atoms with Crippen LogP contribution in [0, 0.1) is 10.1 Å². The molecule has 28 heavy (non-hydrogen) atoms. The number of nitro benzene ring substituents is 1. The lowest BCUT2D eigenvalue weighted by molar-refractivity contribution is -0.384. The van der Waals surface area contributed by atoms with E-state index in [4.69, 9.17) is 11.6 Å². The molecule has 0 bridgehead atoms. The second-order valence-corrected chi connectivity index (χ2v) is 7.50. The number of rotatable bonds is 5. The van der Waals surface area contributed by atoms with Crippen molar-refractivity contribution in [3.05, 3.63) is 57.1 Å². The Morgan fingerprint density at radius 3 is 2.36 bits per heavy atom. The Labute approximate surface area is 161 Å². The van der Waals surface area contributed by atoms with Crippen molar-refractivity contribution in [2.24, 2.45) is 0 Å². The molecule has 1 amide bonds. The van der Waals surface area contributed by atoms with Crippen molar-refractivity contribution in [3.8, 4) is 0 Å². The molecule has 0 atom stereocenters. The van der Waals surface area contributed by atoms with Crippen molar-refractivity contribution in [1.82, 2.24) is 0 Å². The highest BCUT2D eigenvalue weighted by atomic mass is 35.5. The Hall–Kier alpha value is -2.86.